The lowest BCUT2D eigenvalue weighted by atomic mass is 9.91. The maximum Gasteiger partial charge on any atom is 0.219 e. The van der Waals surface area contributed by atoms with E-state index in [4.69, 9.17) is 4.74 Å². The first kappa shape index (κ1) is 18.5. The number of nitrogens with zero attached hydrogens (tertiary/aromatic N) is 3. The lowest BCUT2D eigenvalue weighted by molar-refractivity contribution is 0.462. The molecule has 2 aromatic carbocycles. The first-order chi connectivity index (χ1) is 14.8. The highest BCUT2D eigenvalue weighted by molar-refractivity contribution is 5.91. The third kappa shape index (κ3) is 4.09. The summed E-state index contributed by atoms with van der Waals surface area (Å²) >= 11 is 0. The van der Waals surface area contributed by atoms with Crippen molar-refractivity contribution < 1.29 is 4.74 Å². The van der Waals surface area contributed by atoms with E-state index in [1.807, 2.05) is 42.5 Å². The van der Waals surface area contributed by atoms with Gasteiger partial charge in [0.2, 0.25) is 5.88 Å². The number of fused-ring (bicyclic) bond motifs is 1. The summed E-state index contributed by atoms with van der Waals surface area (Å²) in [5, 5.41) is 7.89. The van der Waals surface area contributed by atoms with Gasteiger partial charge in [0.15, 0.2) is 0 Å². The Balaban J connectivity index is 1.37. The molecule has 0 aliphatic carbocycles. The van der Waals surface area contributed by atoms with Crippen molar-refractivity contribution in [3.05, 3.63) is 78.8 Å². The quantitative estimate of drug-likeness (QED) is 0.492. The number of pyridine rings is 1. The van der Waals surface area contributed by atoms with Gasteiger partial charge in [-0.15, -0.1) is 0 Å². The molecule has 4 aromatic rings. The van der Waals surface area contributed by atoms with E-state index in [1.54, 1.807) is 12.5 Å². The molecule has 5 rings (SSSR count). The van der Waals surface area contributed by atoms with Crippen LogP contribution in [0, 0.1) is 0 Å². The predicted molar refractivity (Wildman–Crippen MR) is 118 cm³/mol. The van der Waals surface area contributed by atoms with E-state index in [2.05, 4.69) is 43.8 Å². The molecule has 30 heavy (non-hydrogen) atoms. The van der Waals surface area contributed by atoms with Gasteiger partial charge in [-0.1, -0.05) is 24.3 Å². The molecule has 2 N–H and O–H groups in total. The fourth-order valence-electron chi connectivity index (χ4n) is 3.82. The van der Waals surface area contributed by atoms with Crippen LogP contribution in [-0.2, 0) is 0 Å². The number of para-hydroxylation sites is 1. The van der Waals surface area contributed by atoms with Gasteiger partial charge < -0.3 is 15.4 Å². The molecule has 0 unspecified atom stereocenters. The van der Waals surface area contributed by atoms with Gasteiger partial charge in [-0.05, 0) is 61.2 Å². The topological polar surface area (TPSA) is 72.0 Å². The molecule has 0 saturated carbocycles. The van der Waals surface area contributed by atoms with Crippen LogP contribution in [0.4, 0.5) is 11.5 Å². The van der Waals surface area contributed by atoms with Crippen molar-refractivity contribution in [2.45, 2.75) is 18.8 Å². The van der Waals surface area contributed by atoms with Gasteiger partial charge in [0.1, 0.15) is 17.9 Å². The first-order valence-electron chi connectivity index (χ1n) is 10.3. The van der Waals surface area contributed by atoms with Gasteiger partial charge in [0.05, 0.1) is 17.4 Å². The van der Waals surface area contributed by atoms with Crippen molar-refractivity contribution >= 4 is 22.4 Å². The number of piperidine rings is 1. The molecule has 0 spiro atoms. The minimum atomic E-state index is 0.535. The highest BCUT2D eigenvalue weighted by Crippen LogP contribution is 2.30. The van der Waals surface area contributed by atoms with Crippen molar-refractivity contribution in [2.75, 3.05) is 18.4 Å². The highest BCUT2D eigenvalue weighted by Gasteiger charge is 2.16. The Kier molecular flexibility index (Phi) is 5.23. The second-order valence-corrected chi connectivity index (χ2v) is 7.47. The number of aromatic nitrogens is 3. The smallest absolute Gasteiger partial charge is 0.219 e. The Hall–Kier alpha value is -3.51. The summed E-state index contributed by atoms with van der Waals surface area (Å²) in [6.45, 7) is 2.13. The van der Waals surface area contributed by atoms with E-state index >= 15 is 0 Å². The van der Waals surface area contributed by atoms with Crippen LogP contribution in [0.1, 0.15) is 24.3 Å². The standard InChI is InChI=1S/C24H23N5O/c1-2-6-20(7-3-1)30-23-11-9-19(15-26-23)29-24-21-13-17(18-5-4-12-25-14-18)8-10-22(21)27-16-28-24/h1-3,6-11,13,15-16,18,25H,4-5,12,14H2,(H,27,28,29)/t18-/m1/s1. The van der Waals surface area contributed by atoms with Crippen molar-refractivity contribution in [3.8, 4) is 11.6 Å². The molecule has 0 amide bonds. The van der Waals surface area contributed by atoms with Crippen LogP contribution in [-0.4, -0.2) is 28.0 Å². The molecule has 3 heterocycles. The summed E-state index contributed by atoms with van der Waals surface area (Å²) in [4.78, 5) is 13.3. The van der Waals surface area contributed by atoms with E-state index in [0.29, 0.717) is 11.8 Å². The van der Waals surface area contributed by atoms with Crippen LogP contribution in [0.15, 0.2) is 73.2 Å². The van der Waals surface area contributed by atoms with Gasteiger partial charge in [-0.2, -0.15) is 0 Å². The van der Waals surface area contributed by atoms with Gasteiger partial charge in [-0.25, -0.2) is 15.0 Å². The second-order valence-electron chi connectivity index (χ2n) is 7.47. The molecule has 1 saturated heterocycles. The number of benzene rings is 2. The van der Waals surface area contributed by atoms with Crippen molar-refractivity contribution in [2.24, 2.45) is 0 Å². The number of rotatable bonds is 5. The molecule has 0 bridgehead atoms. The molecule has 6 nitrogen and oxygen atoms in total. The van der Waals surface area contributed by atoms with Gasteiger partial charge in [0.25, 0.3) is 0 Å². The fourth-order valence-corrected chi connectivity index (χ4v) is 3.82. The third-order valence-electron chi connectivity index (χ3n) is 5.39. The summed E-state index contributed by atoms with van der Waals surface area (Å²) in [6, 6.07) is 19.9. The van der Waals surface area contributed by atoms with Crippen molar-refractivity contribution in [1.29, 1.82) is 0 Å². The fraction of sp³-hybridized carbons (Fsp3) is 0.208. The minimum absolute atomic E-state index is 0.535. The van der Waals surface area contributed by atoms with Gasteiger partial charge in [0, 0.05) is 18.0 Å². The largest absolute Gasteiger partial charge is 0.439 e. The lowest BCUT2D eigenvalue weighted by Crippen LogP contribution is -2.28. The SMILES string of the molecule is c1ccc(Oc2ccc(Nc3ncnc4ccc([C@@H]5CCCNC5)cc34)cn2)cc1. The van der Waals surface area contributed by atoms with Crippen LogP contribution in [0.25, 0.3) is 10.9 Å². The number of hydrogen-bond acceptors (Lipinski definition) is 6. The summed E-state index contributed by atoms with van der Waals surface area (Å²) in [5.41, 5.74) is 3.11. The van der Waals surface area contributed by atoms with E-state index in [1.165, 1.54) is 18.4 Å². The Morgan fingerprint density at radius 3 is 2.70 bits per heavy atom. The van der Waals surface area contributed by atoms with Gasteiger partial charge >= 0.3 is 0 Å². The molecular weight excluding hydrogens is 374 g/mol. The molecule has 1 atom stereocenters. The average Bonchev–Trinajstić information content (AvgIpc) is 2.82. The van der Waals surface area contributed by atoms with Crippen LogP contribution in [0.2, 0.25) is 0 Å². The van der Waals surface area contributed by atoms with Crippen molar-refractivity contribution in [3.63, 3.8) is 0 Å². The van der Waals surface area contributed by atoms with E-state index in [0.717, 1.165) is 41.2 Å². The number of nitrogens with one attached hydrogen (secondary N) is 2. The zero-order valence-electron chi connectivity index (χ0n) is 16.6. The van der Waals surface area contributed by atoms with E-state index in [9.17, 15) is 0 Å². The molecule has 0 radical (unpaired) electrons. The summed E-state index contributed by atoms with van der Waals surface area (Å²) in [7, 11) is 0. The first-order valence-corrected chi connectivity index (χ1v) is 10.3. The summed E-state index contributed by atoms with van der Waals surface area (Å²) in [5.74, 6) is 2.63. The van der Waals surface area contributed by atoms with Crippen LogP contribution < -0.4 is 15.4 Å². The summed E-state index contributed by atoms with van der Waals surface area (Å²) < 4.78 is 5.77. The Labute approximate surface area is 175 Å². The van der Waals surface area contributed by atoms with Crippen LogP contribution >= 0.6 is 0 Å². The second kappa shape index (κ2) is 8.47. The molecular formula is C24H23N5O. The molecule has 2 aromatic heterocycles. The lowest BCUT2D eigenvalue weighted by Gasteiger charge is -2.23. The zero-order chi connectivity index (χ0) is 20.2. The Bertz CT molecular complexity index is 1130. The Morgan fingerprint density at radius 1 is 0.967 bits per heavy atom. The predicted octanol–water partition coefficient (Wildman–Crippen LogP) is 5.03. The van der Waals surface area contributed by atoms with Crippen molar-refractivity contribution in [1.82, 2.24) is 20.3 Å². The maximum absolute atomic E-state index is 5.77. The van der Waals surface area contributed by atoms with E-state index in [-0.39, 0.29) is 0 Å². The van der Waals surface area contributed by atoms with Crippen LogP contribution in [0.5, 0.6) is 11.6 Å². The van der Waals surface area contributed by atoms with Gasteiger partial charge in [-0.3, -0.25) is 0 Å². The molecule has 1 aliphatic rings. The molecule has 150 valence electrons. The molecule has 6 heteroatoms. The minimum Gasteiger partial charge on any atom is -0.439 e. The molecule has 1 fully saturated rings. The van der Waals surface area contributed by atoms with Crippen LogP contribution in [0.3, 0.4) is 0 Å². The summed E-state index contributed by atoms with van der Waals surface area (Å²) in [6.07, 6.45) is 5.76. The third-order valence-corrected chi connectivity index (χ3v) is 5.39. The Morgan fingerprint density at radius 2 is 1.90 bits per heavy atom. The number of ether oxygens (including phenoxy) is 1. The highest BCUT2D eigenvalue weighted by atomic mass is 16.5. The normalized spacial score (nSPS) is 16.3. The van der Waals surface area contributed by atoms with E-state index < -0.39 is 0 Å². The number of anilines is 2. The average molecular weight is 397 g/mol. The molecule has 1 aliphatic heterocycles. The zero-order valence-corrected chi connectivity index (χ0v) is 16.6. The number of hydrogen-bond donors (Lipinski definition) is 2. The monoisotopic (exact) mass is 397 g/mol. The maximum atomic E-state index is 5.77.